The van der Waals surface area contributed by atoms with E-state index in [-0.39, 0.29) is 0 Å². The van der Waals surface area contributed by atoms with Gasteiger partial charge in [0.1, 0.15) is 0 Å². The Morgan fingerprint density at radius 3 is 1.95 bits per heavy atom. The molecule has 1 aromatic carbocycles. The maximum Gasteiger partial charge on any atom is 0.495 e. The quantitative estimate of drug-likeness (QED) is 0.637. The van der Waals surface area contributed by atoms with Gasteiger partial charge in [0.15, 0.2) is 6.29 Å². The Labute approximate surface area is 120 Å². The summed E-state index contributed by atoms with van der Waals surface area (Å²) in [4.78, 5) is 0. The smallest absolute Gasteiger partial charge is 0.399 e. The maximum absolute atomic E-state index is 9.39. The van der Waals surface area contributed by atoms with Crippen LogP contribution in [-0.4, -0.2) is 28.5 Å². The number of aliphatic hydroxyl groups is 2. The molecule has 0 aromatic heterocycles. The van der Waals surface area contributed by atoms with Gasteiger partial charge in [-0.2, -0.15) is 0 Å². The third-order valence-corrected chi connectivity index (χ3v) is 4.54. The lowest BCUT2D eigenvalue weighted by molar-refractivity contribution is -0.0424. The topological polar surface area (TPSA) is 58.9 Å². The van der Waals surface area contributed by atoms with Crippen molar-refractivity contribution in [3.63, 3.8) is 0 Å². The van der Waals surface area contributed by atoms with Gasteiger partial charge >= 0.3 is 7.12 Å². The minimum Gasteiger partial charge on any atom is -0.399 e. The molecule has 2 rings (SSSR count). The fourth-order valence-corrected chi connectivity index (χ4v) is 2.28. The summed E-state index contributed by atoms with van der Waals surface area (Å²) in [5.74, 6) is 0. The van der Waals surface area contributed by atoms with Crippen LogP contribution >= 0.6 is 0 Å². The van der Waals surface area contributed by atoms with E-state index >= 15 is 0 Å². The van der Waals surface area contributed by atoms with Crippen LogP contribution in [-0.2, 0) is 9.31 Å². The van der Waals surface area contributed by atoms with Crippen molar-refractivity contribution in [3.8, 4) is 0 Å². The molecular weight excluding hydrogens is 255 g/mol. The van der Waals surface area contributed by atoms with Gasteiger partial charge in [0.2, 0.25) is 0 Å². The molecule has 0 spiro atoms. The van der Waals surface area contributed by atoms with Gasteiger partial charge in [-0.05, 0) is 58.1 Å². The van der Waals surface area contributed by atoms with Crippen molar-refractivity contribution in [3.05, 3.63) is 28.8 Å². The third kappa shape index (κ3) is 2.51. The van der Waals surface area contributed by atoms with Crippen LogP contribution in [0.25, 0.3) is 0 Å². The first-order valence-corrected chi connectivity index (χ1v) is 6.88. The molecular formula is C15H23BO4. The molecule has 1 heterocycles. The first-order chi connectivity index (χ1) is 9.05. The molecule has 0 radical (unpaired) electrons. The minimum atomic E-state index is -1.49. The predicted octanol–water partition coefficient (Wildman–Crippen LogP) is 1.59. The van der Waals surface area contributed by atoms with E-state index < -0.39 is 24.6 Å². The van der Waals surface area contributed by atoms with E-state index in [0.717, 1.165) is 16.6 Å². The van der Waals surface area contributed by atoms with Crippen LogP contribution in [0.4, 0.5) is 0 Å². The summed E-state index contributed by atoms with van der Waals surface area (Å²) < 4.78 is 12.1. The number of benzene rings is 1. The SMILES string of the molecule is Cc1cc(C(O)O)cc(B2OC(C)(C)C(C)(C)O2)c1C. The molecule has 1 aliphatic heterocycles. The lowest BCUT2D eigenvalue weighted by Crippen LogP contribution is -2.41. The number of hydrogen-bond donors (Lipinski definition) is 2. The molecule has 0 bridgehead atoms. The van der Waals surface area contributed by atoms with Crippen molar-refractivity contribution < 1.29 is 19.5 Å². The molecule has 0 unspecified atom stereocenters. The average molecular weight is 278 g/mol. The van der Waals surface area contributed by atoms with Crippen molar-refractivity contribution in [2.75, 3.05) is 0 Å². The number of rotatable bonds is 2. The van der Waals surface area contributed by atoms with E-state index in [2.05, 4.69) is 0 Å². The second kappa shape index (κ2) is 4.84. The van der Waals surface area contributed by atoms with Gasteiger partial charge < -0.3 is 19.5 Å². The first-order valence-electron chi connectivity index (χ1n) is 6.88. The van der Waals surface area contributed by atoms with Crippen LogP contribution in [0.3, 0.4) is 0 Å². The Morgan fingerprint density at radius 2 is 1.50 bits per heavy atom. The molecule has 4 nitrogen and oxygen atoms in total. The van der Waals surface area contributed by atoms with E-state index in [0.29, 0.717) is 5.56 Å². The number of aryl methyl sites for hydroxylation is 1. The summed E-state index contributed by atoms with van der Waals surface area (Å²) >= 11 is 0. The van der Waals surface area contributed by atoms with Crippen molar-refractivity contribution >= 4 is 12.6 Å². The second-order valence-corrected chi connectivity index (χ2v) is 6.51. The van der Waals surface area contributed by atoms with E-state index in [1.54, 1.807) is 12.1 Å². The average Bonchev–Trinajstić information content (AvgIpc) is 2.51. The Hall–Kier alpha value is -0.875. The Bertz CT molecular complexity index is 507. The predicted molar refractivity (Wildman–Crippen MR) is 78.8 cm³/mol. The second-order valence-electron chi connectivity index (χ2n) is 6.51. The lowest BCUT2D eigenvalue weighted by atomic mass is 9.74. The van der Waals surface area contributed by atoms with E-state index in [4.69, 9.17) is 9.31 Å². The van der Waals surface area contributed by atoms with Gasteiger partial charge in [-0.15, -0.1) is 0 Å². The summed E-state index contributed by atoms with van der Waals surface area (Å²) in [6.07, 6.45) is -1.49. The summed E-state index contributed by atoms with van der Waals surface area (Å²) in [6, 6.07) is 3.52. The fourth-order valence-electron chi connectivity index (χ4n) is 2.28. The van der Waals surface area contributed by atoms with Crippen molar-refractivity contribution in [1.82, 2.24) is 0 Å². The molecule has 1 saturated heterocycles. The number of aliphatic hydroxyl groups excluding tert-OH is 1. The maximum atomic E-state index is 9.39. The van der Waals surface area contributed by atoms with Crippen molar-refractivity contribution in [2.24, 2.45) is 0 Å². The van der Waals surface area contributed by atoms with Crippen LogP contribution < -0.4 is 5.46 Å². The van der Waals surface area contributed by atoms with Gasteiger partial charge in [0, 0.05) is 5.56 Å². The molecule has 2 N–H and O–H groups in total. The first kappa shape index (κ1) is 15.5. The van der Waals surface area contributed by atoms with E-state index in [1.165, 1.54) is 0 Å². The monoisotopic (exact) mass is 278 g/mol. The van der Waals surface area contributed by atoms with Gasteiger partial charge in [0.05, 0.1) is 11.2 Å². The molecule has 1 aliphatic rings. The largest absolute Gasteiger partial charge is 0.495 e. The summed E-state index contributed by atoms with van der Waals surface area (Å²) in [5.41, 5.74) is 2.52. The fraction of sp³-hybridized carbons (Fsp3) is 0.600. The molecule has 0 aliphatic carbocycles. The van der Waals surface area contributed by atoms with Gasteiger partial charge in [-0.1, -0.05) is 12.1 Å². The summed E-state index contributed by atoms with van der Waals surface area (Å²) in [5, 5.41) is 18.8. The Balaban J connectivity index is 2.44. The summed E-state index contributed by atoms with van der Waals surface area (Å²) in [6.45, 7) is 11.9. The Kier molecular flexibility index (Phi) is 3.76. The van der Waals surface area contributed by atoms with E-state index in [9.17, 15) is 10.2 Å². The minimum absolute atomic E-state index is 0.411. The zero-order valence-corrected chi connectivity index (χ0v) is 13.0. The van der Waals surface area contributed by atoms with Crippen LogP contribution in [0.5, 0.6) is 0 Å². The highest BCUT2D eigenvalue weighted by Crippen LogP contribution is 2.37. The third-order valence-electron chi connectivity index (χ3n) is 4.54. The van der Waals surface area contributed by atoms with Crippen LogP contribution in [0.15, 0.2) is 12.1 Å². The number of hydrogen-bond acceptors (Lipinski definition) is 4. The molecule has 1 aromatic rings. The molecule has 110 valence electrons. The highest BCUT2D eigenvalue weighted by atomic mass is 16.7. The zero-order chi connectivity index (χ0) is 15.3. The highest BCUT2D eigenvalue weighted by Gasteiger charge is 2.52. The van der Waals surface area contributed by atoms with Crippen molar-refractivity contribution in [2.45, 2.75) is 59.0 Å². The molecule has 0 saturated carbocycles. The highest BCUT2D eigenvalue weighted by molar-refractivity contribution is 6.62. The normalized spacial score (nSPS) is 20.8. The molecule has 5 heteroatoms. The molecule has 20 heavy (non-hydrogen) atoms. The van der Waals surface area contributed by atoms with Crippen LogP contribution in [0.2, 0.25) is 0 Å². The molecule has 0 atom stereocenters. The van der Waals surface area contributed by atoms with Gasteiger partial charge in [-0.3, -0.25) is 0 Å². The van der Waals surface area contributed by atoms with Crippen LogP contribution in [0, 0.1) is 13.8 Å². The molecule has 0 amide bonds. The van der Waals surface area contributed by atoms with E-state index in [1.807, 2.05) is 41.5 Å². The van der Waals surface area contributed by atoms with Crippen molar-refractivity contribution in [1.29, 1.82) is 0 Å². The standard InChI is InChI=1S/C15H23BO4/c1-9-7-11(13(17)18)8-12(10(9)2)16-19-14(3,4)15(5,6)20-16/h7-8,13,17-18H,1-6H3. The molecule has 1 fully saturated rings. The Morgan fingerprint density at radius 1 is 1.00 bits per heavy atom. The van der Waals surface area contributed by atoms with Crippen LogP contribution in [0.1, 0.15) is 50.7 Å². The zero-order valence-electron chi connectivity index (χ0n) is 13.0. The van der Waals surface area contributed by atoms with Gasteiger partial charge in [-0.25, -0.2) is 0 Å². The summed E-state index contributed by atoms with van der Waals surface area (Å²) in [7, 11) is -0.489. The van der Waals surface area contributed by atoms with Gasteiger partial charge in [0.25, 0.3) is 0 Å². The lowest BCUT2D eigenvalue weighted by Gasteiger charge is -2.32.